The van der Waals surface area contributed by atoms with E-state index in [0.717, 1.165) is 18.8 Å². The summed E-state index contributed by atoms with van der Waals surface area (Å²) >= 11 is 0. The molecule has 0 spiro atoms. The lowest BCUT2D eigenvalue weighted by Crippen LogP contribution is -2.19. The molecule has 5 heteroatoms. The highest BCUT2D eigenvalue weighted by Crippen LogP contribution is 2.04. The van der Waals surface area contributed by atoms with Crippen LogP contribution in [0.1, 0.15) is 26.0 Å². The van der Waals surface area contributed by atoms with Crippen molar-refractivity contribution in [3.8, 4) is 0 Å². The molecule has 0 saturated carbocycles. The van der Waals surface area contributed by atoms with Gasteiger partial charge in [-0.15, -0.1) is 0 Å². The molecule has 0 aliphatic carbocycles. The molecule has 0 aliphatic heterocycles. The van der Waals surface area contributed by atoms with E-state index in [9.17, 15) is 8.42 Å². The predicted octanol–water partition coefficient (Wildman–Crippen LogP) is 1.42. The van der Waals surface area contributed by atoms with Crippen LogP contribution in [-0.4, -0.2) is 31.0 Å². The topological polar surface area (TPSA) is 51.1 Å². The molecular weight excluding hydrogens is 236 g/mol. The van der Waals surface area contributed by atoms with Crippen LogP contribution in [0, 0.1) is 0 Å². The number of aryl methyl sites for hydroxylation is 1. The van der Waals surface area contributed by atoms with E-state index in [1.807, 2.05) is 29.8 Å². The van der Waals surface area contributed by atoms with E-state index in [1.54, 1.807) is 0 Å². The maximum absolute atomic E-state index is 11.6. The van der Waals surface area contributed by atoms with Gasteiger partial charge in [-0.3, -0.25) is 0 Å². The number of hydrogen-bond acceptors (Lipinski definition) is 3. The number of sulfone groups is 1. The molecule has 0 unspecified atom stereocenters. The highest BCUT2D eigenvalue weighted by Gasteiger charge is 2.10. The van der Waals surface area contributed by atoms with Gasteiger partial charge in [0.25, 0.3) is 0 Å². The molecule has 1 rings (SSSR count). The molecule has 98 valence electrons. The van der Waals surface area contributed by atoms with Crippen molar-refractivity contribution in [2.45, 2.75) is 33.4 Å². The normalized spacial score (nSPS) is 11.9. The smallest absolute Gasteiger partial charge is 0.152 e. The monoisotopic (exact) mass is 258 g/mol. The van der Waals surface area contributed by atoms with Gasteiger partial charge < -0.3 is 9.88 Å². The maximum atomic E-state index is 11.6. The minimum absolute atomic E-state index is 0.231. The first-order chi connectivity index (χ1) is 8.09. The van der Waals surface area contributed by atoms with E-state index in [1.165, 1.54) is 0 Å². The molecule has 1 aromatic rings. The standard InChI is InChI=1S/C12H22N2O2S/c1-3-9-17(15,16)10-8-14-7-5-6-12(14)11-13-4-2/h5-7,13H,3-4,8-11H2,1-2H3. The van der Waals surface area contributed by atoms with Gasteiger partial charge in [0.05, 0.1) is 5.75 Å². The number of nitrogens with one attached hydrogen (secondary N) is 1. The van der Waals surface area contributed by atoms with Gasteiger partial charge in [-0.25, -0.2) is 8.42 Å². The molecule has 0 amide bonds. The van der Waals surface area contributed by atoms with Gasteiger partial charge in [-0.2, -0.15) is 0 Å². The Morgan fingerprint density at radius 3 is 2.71 bits per heavy atom. The van der Waals surface area contributed by atoms with Crippen molar-refractivity contribution in [2.24, 2.45) is 0 Å². The lowest BCUT2D eigenvalue weighted by molar-refractivity contribution is 0.583. The van der Waals surface area contributed by atoms with E-state index < -0.39 is 9.84 Å². The third kappa shape index (κ3) is 4.91. The maximum Gasteiger partial charge on any atom is 0.152 e. The third-order valence-electron chi connectivity index (χ3n) is 2.64. The Morgan fingerprint density at radius 2 is 2.06 bits per heavy atom. The molecule has 17 heavy (non-hydrogen) atoms. The number of nitrogens with zero attached hydrogens (tertiary/aromatic N) is 1. The Labute approximate surface area is 104 Å². The molecule has 0 aromatic carbocycles. The highest BCUT2D eigenvalue weighted by molar-refractivity contribution is 7.91. The van der Waals surface area contributed by atoms with Gasteiger partial charge in [-0.05, 0) is 25.1 Å². The minimum Gasteiger partial charge on any atom is -0.349 e. The van der Waals surface area contributed by atoms with E-state index in [2.05, 4.69) is 12.2 Å². The fourth-order valence-corrected chi connectivity index (χ4v) is 3.03. The van der Waals surface area contributed by atoms with Crippen LogP contribution in [0.4, 0.5) is 0 Å². The van der Waals surface area contributed by atoms with E-state index in [4.69, 9.17) is 0 Å². The van der Waals surface area contributed by atoms with Crippen molar-refractivity contribution in [1.82, 2.24) is 9.88 Å². The van der Waals surface area contributed by atoms with E-state index >= 15 is 0 Å². The van der Waals surface area contributed by atoms with E-state index in [-0.39, 0.29) is 11.5 Å². The molecule has 1 N–H and O–H groups in total. The molecule has 0 aliphatic rings. The lowest BCUT2D eigenvalue weighted by Gasteiger charge is -2.09. The van der Waals surface area contributed by atoms with Crippen LogP contribution in [0.3, 0.4) is 0 Å². The summed E-state index contributed by atoms with van der Waals surface area (Å²) in [7, 11) is -2.89. The Balaban J connectivity index is 2.54. The van der Waals surface area contributed by atoms with E-state index in [0.29, 0.717) is 13.0 Å². The minimum atomic E-state index is -2.89. The second-order valence-corrected chi connectivity index (χ2v) is 6.43. The molecule has 0 bridgehead atoms. The van der Waals surface area contributed by atoms with Gasteiger partial charge in [0.2, 0.25) is 0 Å². The zero-order valence-electron chi connectivity index (χ0n) is 10.6. The molecule has 0 fully saturated rings. The zero-order valence-corrected chi connectivity index (χ0v) is 11.5. The van der Waals surface area contributed by atoms with Crippen molar-refractivity contribution < 1.29 is 8.42 Å². The summed E-state index contributed by atoms with van der Waals surface area (Å²) in [6, 6.07) is 3.98. The molecule has 1 heterocycles. The van der Waals surface area contributed by atoms with Crippen molar-refractivity contribution in [3.63, 3.8) is 0 Å². The summed E-state index contributed by atoms with van der Waals surface area (Å²) in [5.74, 6) is 0.519. The Bertz CT molecular complexity index is 423. The molecular formula is C12H22N2O2S. The van der Waals surface area contributed by atoms with Crippen LogP contribution in [0.5, 0.6) is 0 Å². The van der Waals surface area contributed by atoms with Crippen molar-refractivity contribution in [3.05, 3.63) is 24.0 Å². The van der Waals surface area contributed by atoms with Crippen molar-refractivity contribution in [1.29, 1.82) is 0 Å². The lowest BCUT2D eigenvalue weighted by atomic mass is 10.4. The van der Waals surface area contributed by atoms with Crippen molar-refractivity contribution >= 4 is 9.84 Å². The fourth-order valence-electron chi connectivity index (χ4n) is 1.73. The summed E-state index contributed by atoms with van der Waals surface area (Å²) in [5.41, 5.74) is 1.14. The predicted molar refractivity (Wildman–Crippen MR) is 70.8 cm³/mol. The molecule has 4 nitrogen and oxygen atoms in total. The van der Waals surface area contributed by atoms with Gasteiger partial charge in [-0.1, -0.05) is 13.8 Å². The van der Waals surface area contributed by atoms with Crippen molar-refractivity contribution in [2.75, 3.05) is 18.1 Å². The first-order valence-electron chi connectivity index (χ1n) is 6.14. The third-order valence-corrected chi connectivity index (χ3v) is 4.47. The Morgan fingerprint density at radius 1 is 1.29 bits per heavy atom. The van der Waals surface area contributed by atoms with Gasteiger partial charge in [0.15, 0.2) is 9.84 Å². The SMILES string of the molecule is CCCS(=O)(=O)CCn1cccc1CNCC. The van der Waals surface area contributed by atoms with Crippen LogP contribution in [0.15, 0.2) is 18.3 Å². The Hall–Kier alpha value is -0.810. The highest BCUT2D eigenvalue weighted by atomic mass is 32.2. The van der Waals surface area contributed by atoms with Gasteiger partial charge in [0.1, 0.15) is 0 Å². The van der Waals surface area contributed by atoms with Crippen LogP contribution < -0.4 is 5.32 Å². The largest absolute Gasteiger partial charge is 0.349 e. The van der Waals surface area contributed by atoms with Gasteiger partial charge in [0, 0.05) is 30.7 Å². The second-order valence-electron chi connectivity index (χ2n) is 4.13. The molecule has 1 aromatic heterocycles. The second kappa shape index (κ2) is 6.81. The van der Waals surface area contributed by atoms with Crippen LogP contribution in [0.25, 0.3) is 0 Å². The molecule has 0 saturated heterocycles. The summed E-state index contributed by atoms with van der Waals surface area (Å²) in [4.78, 5) is 0. The fraction of sp³-hybridized carbons (Fsp3) is 0.667. The first-order valence-corrected chi connectivity index (χ1v) is 7.96. The number of aromatic nitrogens is 1. The summed E-state index contributed by atoms with van der Waals surface area (Å²) < 4.78 is 25.3. The summed E-state index contributed by atoms with van der Waals surface area (Å²) in [6.07, 6.45) is 2.63. The average Bonchev–Trinajstić information content (AvgIpc) is 2.71. The van der Waals surface area contributed by atoms with Gasteiger partial charge >= 0.3 is 0 Å². The first kappa shape index (κ1) is 14.3. The molecule has 0 atom stereocenters. The summed E-state index contributed by atoms with van der Waals surface area (Å²) in [6.45, 7) is 6.20. The quantitative estimate of drug-likeness (QED) is 0.767. The zero-order chi connectivity index (χ0) is 12.7. The molecule has 0 radical (unpaired) electrons. The number of hydrogen-bond donors (Lipinski definition) is 1. The van der Waals surface area contributed by atoms with Crippen LogP contribution >= 0.6 is 0 Å². The average molecular weight is 258 g/mol. The number of rotatable bonds is 8. The van der Waals surface area contributed by atoms with Crippen LogP contribution in [-0.2, 0) is 22.9 Å². The summed E-state index contributed by atoms with van der Waals surface area (Å²) in [5, 5.41) is 3.24. The van der Waals surface area contributed by atoms with Crippen LogP contribution in [0.2, 0.25) is 0 Å². The Kier molecular flexibility index (Phi) is 5.71.